The summed E-state index contributed by atoms with van der Waals surface area (Å²) >= 11 is 0. The first kappa shape index (κ1) is 13.0. The fourth-order valence-corrected chi connectivity index (χ4v) is 2.83. The predicted octanol–water partition coefficient (Wildman–Crippen LogP) is 5.03. The van der Waals surface area contributed by atoms with Crippen LogP contribution in [-0.4, -0.2) is 0 Å². The van der Waals surface area contributed by atoms with Crippen molar-refractivity contribution in [1.29, 1.82) is 0 Å². The zero-order chi connectivity index (χ0) is 10.5. The standard InChI is InChI=1S/C13H28/c1-7-9-12(3,4)11-13(5,6)10-8-2/h7-11H2,1-6H3. The van der Waals surface area contributed by atoms with Gasteiger partial charge in [0, 0.05) is 0 Å². The Morgan fingerprint density at radius 1 is 0.692 bits per heavy atom. The number of hydrogen-bond donors (Lipinski definition) is 0. The van der Waals surface area contributed by atoms with Gasteiger partial charge in [-0.25, -0.2) is 0 Å². The van der Waals surface area contributed by atoms with E-state index >= 15 is 0 Å². The van der Waals surface area contributed by atoms with E-state index < -0.39 is 0 Å². The van der Waals surface area contributed by atoms with E-state index in [0.29, 0.717) is 10.8 Å². The molecule has 0 spiro atoms. The van der Waals surface area contributed by atoms with Gasteiger partial charge in [-0.1, -0.05) is 54.4 Å². The Balaban J connectivity index is 4.07. The highest BCUT2D eigenvalue weighted by molar-refractivity contribution is 4.78. The fraction of sp³-hybridized carbons (Fsp3) is 1.00. The maximum Gasteiger partial charge on any atom is -0.0349 e. The average Bonchev–Trinajstić information content (AvgIpc) is 1.82. The zero-order valence-electron chi connectivity index (χ0n) is 10.5. The van der Waals surface area contributed by atoms with Crippen molar-refractivity contribution in [3.63, 3.8) is 0 Å². The van der Waals surface area contributed by atoms with Crippen molar-refractivity contribution in [2.45, 2.75) is 73.6 Å². The molecule has 0 unspecified atom stereocenters. The van der Waals surface area contributed by atoms with Gasteiger partial charge in [0.1, 0.15) is 0 Å². The summed E-state index contributed by atoms with van der Waals surface area (Å²) in [6.07, 6.45) is 6.71. The van der Waals surface area contributed by atoms with Gasteiger partial charge in [-0.2, -0.15) is 0 Å². The van der Waals surface area contributed by atoms with Crippen LogP contribution in [0.1, 0.15) is 73.6 Å². The lowest BCUT2D eigenvalue weighted by Crippen LogP contribution is -2.22. The minimum absolute atomic E-state index is 0.535. The minimum atomic E-state index is 0.535. The van der Waals surface area contributed by atoms with Crippen LogP contribution in [0.2, 0.25) is 0 Å². The third-order valence-corrected chi connectivity index (χ3v) is 2.81. The normalized spacial score (nSPS) is 13.4. The Morgan fingerprint density at radius 3 is 1.23 bits per heavy atom. The van der Waals surface area contributed by atoms with E-state index in [9.17, 15) is 0 Å². The quantitative estimate of drug-likeness (QED) is 0.543. The van der Waals surface area contributed by atoms with Gasteiger partial charge in [-0.15, -0.1) is 0 Å². The molecule has 0 nitrogen and oxygen atoms in total. The van der Waals surface area contributed by atoms with Crippen molar-refractivity contribution < 1.29 is 0 Å². The molecule has 0 fully saturated rings. The molecule has 0 radical (unpaired) electrons. The van der Waals surface area contributed by atoms with Gasteiger partial charge in [0.15, 0.2) is 0 Å². The third-order valence-electron chi connectivity index (χ3n) is 2.81. The molecule has 0 aromatic rings. The summed E-state index contributed by atoms with van der Waals surface area (Å²) in [5.74, 6) is 0. The monoisotopic (exact) mass is 184 g/mol. The molecule has 0 aliphatic heterocycles. The summed E-state index contributed by atoms with van der Waals surface area (Å²) in [4.78, 5) is 0. The summed E-state index contributed by atoms with van der Waals surface area (Å²) in [6, 6.07) is 0. The van der Waals surface area contributed by atoms with E-state index in [2.05, 4.69) is 41.5 Å². The lowest BCUT2D eigenvalue weighted by Gasteiger charge is -2.34. The highest BCUT2D eigenvalue weighted by atomic mass is 14.3. The van der Waals surface area contributed by atoms with Crippen LogP contribution in [0.3, 0.4) is 0 Å². The average molecular weight is 184 g/mol. The molecule has 80 valence electrons. The molecule has 0 amide bonds. The zero-order valence-corrected chi connectivity index (χ0v) is 10.5. The van der Waals surface area contributed by atoms with E-state index in [1.165, 1.54) is 32.1 Å². The SMILES string of the molecule is CCCC(C)(C)CC(C)(C)CCC. The van der Waals surface area contributed by atoms with Crippen LogP contribution in [-0.2, 0) is 0 Å². The number of rotatable bonds is 6. The maximum absolute atomic E-state index is 2.41. The first-order valence-corrected chi connectivity index (χ1v) is 5.83. The summed E-state index contributed by atoms with van der Waals surface area (Å²) < 4.78 is 0. The molecular formula is C13H28. The van der Waals surface area contributed by atoms with Crippen LogP contribution in [0.4, 0.5) is 0 Å². The smallest absolute Gasteiger partial charge is 0.0349 e. The molecule has 0 aromatic heterocycles. The molecule has 0 heteroatoms. The van der Waals surface area contributed by atoms with Gasteiger partial charge in [0.2, 0.25) is 0 Å². The Kier molecular flexibility index (Phi) is 5.02. The number of hydrogen-bond acceptors (Lipinski definition) is 0. The van der Waals surface area contributed by atoms with Gasteiger partial charge >= 0.3 is 0 Å². The highest BCUT2D eigenvalue weighted by Crippen LogP contribution is 2.39. The lowest BCUT2D eigenvalue weighted by molar-refractivity contribution is 0.170. The predicted molar refractivity (Wildman–Crippen MR) is 62.0 cm³/mol. The topological polar surface area (TPSA) is 0 Å². The van der Waals surface area contributed by atoms with Crippen LogP contribution in [0.5, 0.6) is 0 Å². The van der Waals surface area contributed by atoms with Crippen molar-refractivity contribution in [3.05, 3.63) is 0 Å². The Morgan fingerprint density at radius 2 is 1.00 bits per heavy atom. The molecule has 0 rings (SSSR count). The van der Waals surface area contributed by atoms with Crippen molar-refractivity contribution in [2.24, 2.45) is 10.8 Å². The van der Waals surface area contributed by atoms with Gasteiger partial charge in [0.25, 0.3) is 0 Å². The van der Waals surface area contributed by atoms with E-state index in [1.807, 2.05) is 0 Å². The van der Waals surface area contributed by atoms with Crippen molar-refractivity contribution in [1.82, 2.24) is 0 Å². The second kappa shape index (κ2) is 5.02. The van der Waals surface area contributed by atoms with Crippen molar-refractivity contribution in [3.8, 4) is 0 Å². The van der Waals surface area contributed by atoms with Crippen LogP contribution >= 0.6 is 0 Å². The van der Waals surface area contributed by atoms with Gasteiger partial charge in [-0.3, -0.25) is 0 Å². The van der Waals surface area contributed by atoms with E-state index in [1.54, 1.807) is 0 Å². The molecule has 13 heavy (non-hydrogen) atoms. The molecule has 0 bridgehead atoms. The fourth-order valence-electron chi connectivity index (χ4n) is 2.83. The Labute approximate surface area is 85.1 Å². The highest BCUT2D eigenvalue weighted by Gasteiger charge is 2.27. The van der Waals surface area contributed by atoms with Crippen LogP contribution in [0.25, 0.3) is 0 Å². The molecule has 0 heterocycles. The molecule has 0 aromatic carbocycles. The largest absolute Gasteiger partial charge is 0.0654 e. The first-order valence-electron chi connectivity index (χ1n) is 5.83. The van der Waals surface area contributed by atoms with Crippen LogP contribution in [0.15, 0.2) is 0 Å². The van der Waals surface area contributed by atoms with E-state index in [0.717, 1.165) is 0 Å². The second-order valence-electron chi connectivity index (χ2n) is 6.01. The molecule has 0 saturated carbocycles. The van der Waals surface area contributed by atoms with Gasteiger partial charge in [-0.05, 0) is 30.1 Å². The summed E-state index contributed by atoms with van der Waals surface area (Å²) in [5.41, 5.74) is 1.07. The summed E-state index contributed by atoms with van der Waals surface area (Å²) in [5, 5.41) is 0. The van der Waals surface area contributed by atoms with Crippen LogP contribution < -0.4 is 0 Å². The van der Waals surface area contributed by atoms with Gasteiger partial charge < -0.3 is 0 Å². The molecular weight excluding hydrogens is 156 g/mol. The van der Waals surface area contributed by atoms with Crippen molar-refractivity contribution >= 4 is 0 Å². The molecule has 0 aliphatic rings. The summed E-state index contributed by atoms with van der Waals surface area (Å²) in [7, 11) is 0. The first-order chi connectivity index (χ1) is 5.83. The minimum Gasteiger partial charge on any atom is -0.0654 e. The molecule has 0 aliphatic carbocycles. The van der Waals surface area contributed by atoms with Crippen LogP contribution in [0, 0.1) is 10.8 Å². The van der Waals surface area contributed by atoms with Crippen molar-refractivity contribution in [2.75, 3.05) is 0 Å². The third kappa shape index (κ3) is 6.12. The second-order valence-corrected chi connectivity index (χ2v) is 6.01. The van der Waals surface area contributed by atoms with Gasteiger partial charge in [0.05, 0.1) is 0 Å². The summed E-state index contributed by atoms with van der Waals surface area (Å²) in [6.45, 7) is 14.2. The lowest BCUT2D eigenvalue weighted by atomic mass is 9.71. The molecule has 0 atom stereocenters. The molecule has 0 saturated heterocycles. The Hall–Kier alpha value is 0. The molecule has 0 N–H and O–H groups in total. The van der Waals surface area contributed by atoms with E-state index in [4.69, 9.17) is 0 Å². The van der Waals surface area contributed by atoms with E-state index in [-0.39, 0.29) is 0 Å². The Bertz CT molecular complexity index is 115. The maximum atomic E-state index is 2.41.